The number of carbonyl (C=O) groups is 1. The van der Waals surface area contributed by atoms with Crippen LogP contribution in [0, 0.1) is 10.1 Å². The third-order valence-electron chi connectivity index (χ3n) is 2.86. The molecule has 21 heavy (non-hydrogen) atoms. The first-order valence-electron chi connectivity index (χ1n) is 5.75. The summed E-state index contributed by atoms with van der Waals surface area (Å²) in [5.41, 5.74) is 0.0453. The lowest BCUT2D eigenvalue weighted by atomic mass is 10.1. The van der Waals surface area contributed by atoms with Crippen molar-refractivity contribution < 1.29 is 14.8 Å². The molecule has 1 aromatic carbocycles. The van der Waals surface area contributed by atoms with Gasteiger partial charge in [0, 0.05) is 22.1 Å². The van der Waals surface area contributed by atoms with Gasteiger partial charge in [-0.05, 0) is 4.92 Å². The highest BCUT2D eigenvalue weighted by Gasteiger charge is 2.19. The molecule has 0 aliphatic rings. The average molecular weight is 285 g/mol. The van der Waals surface area contributed by atoms with Crippen molar-refractivity contribution in [3.63, 3.8) is 0 Å². The summed E-state index contributed by atoms with van der Waals surface area (Å²) in [6.45, 7) is 0. The molecule has 0 fully saturated rings. The van der Waals surface area contributed by atoms with Gasteiger partial charge in [0.2, 0.25) is 6.33 Å². The molecule has 0 aliphatic carbocycles. The zero-order valence-electron chi connectivity index (χ0n) is 10.4. The van der Waals surface area contributed by atoms with Crippen LogP contribution in [0.5, 0.6) is 0 Å². The Morgan fingerprint density at radius 2 is 1.95 bits per heavy atom. The molecule has 3 rings (SSSR count). The molecule has 0 radical (unpaired) electrons. The van der Waals surface area contributed by atoms with Crippen molar-refractivity contribution in [2.24, 2.45) is 0 Å². The molecule has 9 nitrogen and oxygen atoms in total. The number of nitrogens with zero attached hydrogens (tertiary/aromatic N) is 5. The molecular weight excluding hydrogens is 278 g/mol. The average Bonchev–Trinajstić information content (AvgIpc) is 2.95. The Hall–Kier alpha value is -3.36. The first-order valence-corrected chi connectivity index (χ1v) is 5.75. The maximum Gasteiger partial charge on any atom is 0.491 e. The number of hydrogen-bond donors (Lipinski definition) is 1. The smallest absolute Gasteiger partial charge is 0.478 e. The minimum atomic E-state index is -1.10. The van der Waals surface area contributed by atoms with E-state index in [9.17, 15) is 14.9 Å². The second kappa shape index (κ2) is 4.63. The number of benzene rings is 1. The van der Waals surface area contributed by atoms with E-state index in [2.05, 4.69) is 15.1 Å². The Labute approximate surface area is 116 Å². The molecule has 0 bridgehead atoms. The Kier molecular flexibility index (Phi) is 2.79. The standard InChI is InChI=1S/C12H7N5O4/c18-11(19)9-5-13-10(8-4-2-1-3-7(8)9)16-6-14-12(15-16)17(20)21/h1-6H,(H,18,19). The number of nitro groups is 1. The quantitative estimate of drug-likeness (QED) is 0.570. The maximum absolute atomic E-state index is 11.2. The molecule has 3 aromatic rings. The third-order valence-corrected chi connectivity index (χ3v) is 2.86. The minimum absolute atomic E-state index is 0.0453. The van der Waals surface area contributed by atoms with Crippen LogP contribution in [0.25, 0.3) is 16.6 Å². The van der Waals surface area contributed by atoms with Crippen molar-refractivity contribution in [3.05, 3.63) is 52.5 Å². The molecule has 0 atom stereocenters. The lowest BCUT2D eigenvalue weighted by molar-refractivity contribution is -0.394. The van der Waals surface area contributed by atoms with Crippen molar-refractivity contribution in [2.45, 2.75) is 0 Å². The largest absolute Gasteiger partial charge is 0.491 e. The van der Waals surface area contributed by atoms with Gasteiger partial charge in [-0.3, -0.25) is 0 Å². The van der Waals surface area contributed by atoms with Gasteiger partial charge >= 0.3 is 11.9 Å². The predicted octanol–water partition coefficient (Wildman–Crippen LogP) is 1.42. The number of rotatable bonds is 3. The van der Waals surface area contributed by atoms with Gasteiger partial charge in [-0.1, -0.05) is 29.2 Å². The second-order valence-electron chi connectivity index (χ2n) is 4.09. The molecule has 2 aromatic heterocycles. The number of hydrogen-bond acceptors (Lipinski definition) is 6. The number of fused-ring (bicyclic) bond motifs is 1. The topological polar surface area (TPSA) is 124 Å². The van der Waals surface area contributed by atoms with E-state index in [4.69, 9.17) is 5.11 Å². The third kappa shape index (κ3) is 2.06. The lowest BCUT2D eigenvalue weighted by Crippen LogP contribution is -2.05. The predicted molar refractivity (Wildman–Crippen MR) is 70.3 cm³/mol. The van der Waals surface area contributed by atoms with Gasteiger partial charge in [-0.15, -0.1) is 4.68 Å². The SMILES string of the molecule is O=C(O)c1cnc(-n2cnc([N+](=O)[O-])n2)c2ccccc12. The fourth-order valence-electron chi connectivity index (χ4n) is 1.97. The number of carboxylic acids is 1. The first-order chi connectivity index (χ1) is 10.1. The summed E-state index contributed by atoms with van der Waals surface area (Å²) >= 11 is 0. The Morgan fingerprint density at radius 1 is 1.24 bits per heavy atom. The van der Waals surface area contributed by atoms with Gasteiger partial charge in [-0.25, -0.2) is 9.78 Å². The highest BCUT2D eigenvalue weighted by Crippen LogP contribution is 2.23. The van der Waals surface area contributed by atoms with E-state index < -0.39 is 16.8 Å². The Balaban J connectivity index is 2.26. The monoisotopic (exact) mass is 285 g/mol. The molecule has 2 heterocycles. The molecule has 1 N–H and O–H groups in total. The molecule has 0 amide bonds. The first kappa shape index (κ1) is 12.7. The molecule has 0 aliphatic heterocycles. The second-order valence-corrected chi connectivity index (χ2v) is 4.09. The van der Waals surface area contributed by atoms with Crippen LogP contribution in [-0.4, -0.2) is 35.7 Å². The van der Waals surface area contributed by atoms with Crippen LogP contribution >= 0.6 is 0 Å². The van der Waals surface area contributed by atoms with Crippen LogP contribution in [0.15, 0.2) is 36.8 Å². The van der Waals surface area contributed by atoms with Crippen molar-refractivity contribution in [2.75, 3.05) is 0 Å². The normalized spacial score (nSPS) is 10.7. The summed E-state index contributed by atoms with van der Waals surface area (Å²) < 4.78 is 1.14. The van der Waals surface area contributed by atoms with Crippen LogP contribution in [0.2, 0.25) is 0 Å². The number of aromatic nitrogens is 4. The summed E-state index contributed by atoms with van der Waals surface area (Å²) in [5.74, 6) is -1.38. The van der Waals surface area contributed by atoms with Crippen LogP contribution < -0.4 is 0 Å². The molecule has 0 saturated heterocycles. The van der Waals surface area contributed by atoms with Crippen LogP contribution in [0.1, 0.15) is 10.4 Å². The molecule has 9 heteroatoms. The Bertz CT molecular complexity index is 873. The molecular formula is C12H7N5O4. The van der Waals surface area contributed by atoms with Gasteiger partial charge < -0.3 is 15.2 Å². The maximum atomic E-state index is 11.2. The van der Waals surface area contributed by atoms with Gasteiger partial charge in [-0.2, -0.15) is 0 Å². The zero-order valence-corrected chi connectivity index (χ0v) is 10.4. The van der Waals surface area contributed by atoms with E-state index in [1.54, 1.807) is 24.3 Å². The fraction of sp³-hybridized carbons (Fsp3) is 0. The van der Waals surface area contributed by atoms with Crippen LogP contribution in [0.4, 0.5) is 5.95 Å². The van der Waals surface area contributed by atoms with E-state index in [0.29, 0.717) is 10.8 Å². The van der Waals surface area contributed by atoms with Crippen molar-refractivity contribution in [1.29, 1.82) is 0 Å². The Morgan fingerprint density at radius 3 is 2.57 bits per heavy atom. The number of carboxylic acid groups (broad SMARTS) is 1. The molecule has 0 spiro atoms. The van der Waals surface area contributed by atoms with Crippen LogP contribution in [0.3, 0.4) is 0 Å². The fourth-order valence-corrected chi connectivity index (χ4v) is 1.97. The van der Waals surface area contributed by atoms with Gasteiger partial charge in [0.05, 0.1) is 5.56 Å². The summed E-state index contributed by atoms with van der Waals surface area (Å²) in [5, 5.41) is 24.5. The summed E-state index contributed by atoms with van der Waals surface area (Å²) in [6, 6.07) is 6.71. The van der Waals surface area contributed by atoms with Gasteiger partial charge in [0.25, 0.3) is 0 Å². The molecule has 0 unspecified atom stereocenters. The minimum Gasteiger partial charge on any atom is -0.478 e. The molecule has 104 valence electrons. The molecule has 0 saturated carbocycles. The van der Waals surface area contributed by atoms with E-state index in [-0.39, 0.29) is 11.4 Å². The lowest BCUT2D eigenvalue weighted by Gasteiger charge is -2.05. The van der Waals surface area contributed by atoms with E-state index in [0.717, 1.165) is 11.0 Å². The van der Waals surface area contributed by atoms with E-state index in [1.165, 1.54) is 6.20 Å². The summed E-state index contributed by atoms with van der Waals surface area (Å²) in [7, 11) is 0. The highest BCUT2D eigenvalue weighted by atomic mass is 16.6. The number of aromatic carboxylic acids is 1. The highest BCUT2D eigenvalue weighted by molar-refractivity contribution is 6.05. The van der Waals surface area contributed by atoms with Crippen LogP contribution in [-0.2, 0) is 0 Å². The summed E-state index contributed by atoms with van der Waals surface area (Å²) in [4.78, 5) is 28.7. The zero-order chi connectivity index (χ0) is 15.0. The van der Waals surface area contributed by atoms with E-state index >= 15 is 0 Å². The van der Waals surface area contributed by atoms with Crippen molar-refractivity contribution in [1.82, 2.24) is 19.7 Å². The van der Waals surface area contributed by atoms with Crippen molar-refractivity contribution >= 4 is 22.7 Å². The van der Waals surface area contributed by atoms with Crippen molar-refractivity contribution in [3.8, 4) is 5.82 Å². The van der Waals surface area contributed by atoms with Gasteiger partial charge in [0.15, 0.2) is 5.82 Å². The van der Waals surface area contributed by atoms with E-state index in [1.807, 2.05) is 0 Å². The summed E-state index contributed by atoms with van der Waals surface area (Å²) in [6.07, 6.45) is 2.35. The van der Waals surface area contributed by atoms with Gasteiger partial charge in [0.1, 0.15) is 0 Å². The number of pyridine rings is 1.